The van der Waals surface area contributed by atoms with Gasteiger partial charge in [0.05, 0.1) is 14.7 Å². The van der Waals surface area contributed by atoms with Crippen molar-refractivity contribution in [2.45, 2.75) is 28.9 Å². The highest BCUT2D eigenvalue weighted by molar-refractivity contribution is 8.00. The van der Waals surface area contributed by atoms with Gasteiger partial charge in [0.2, 0.25) is 10.0 Å². The van der Waals surface area contributed by atoms with Gasteiger partial charge in [-0.15, -0.1) is 11.8 Å². The van der Waals surface area contributed by atoms with E-state index in [2.05, 4.69) is 0 Å². The van der Waals surface area contributed by atoms with E-state index in [0.29, 0.717) is 0 Å². The van der Waals surface area contributed by atoms with Gasteiger partial charge in [0.15, 0.2) is 0 Å². The van der Waals surface area contributed by atoms with Gasteiger partial charge in [-0.05, 0) is 18.1 Å². The maximum Gasteiger partial charge on any atom is 0.317 e. The van der Waals surface area contributed by atoms with E-state index in [-0.39, 0.29) is 10.8 Å². The minimum absolute atomic E-state index is 0.0773. The first-order valence-electron chi connectivity index (χ1n) is 5.74. The predicted molar refractivity (Wildman–Crippen MR) is 76.6 cm³/mol. The number of sulfonamides is 1. The zero-order valence-corrected chi connectivity index (χ0v) is 12.8. The second kappa shape index (κ2) is 6.41. The molecule has 8 nitrogen and oxygen atoms in total. The average molecular weight is 334 g/mol. The number of nitro benzene ring substituents is 1. The van der Waals surface area contributed by atoms with Gasteiger partial charge in [-0.2, -0.15) is 0 Å². The minimum atomic E-state index is -4.07. The normalized spacial score (nSPS) is 13.1. The van der Waals surface area contributed by atoms with Crippen LogP contribution in [0.3, 0.4) is 0 Å². The highest BCUT2D eigenvalue weighted by atomic mass is 32.2. The van der Waals surface area contributed by atoms with Crippen LogP contribution in [0.4, 0.5) is 5.69 Å². The lowest BCUT2D eigenvalue weighted by molar-refractivity contribution is -0.388. The molecule has 0 radical (unpaired) electrons. The molecule has 1 rings (SSSR count). The van der Waals surface area contributed by atoms with Crippen molar-refractivity contribution in [3.8, 4) is 0 Å². The van der Waals surface area contributed by atoms with Crippen molar-refractivity contribution in [3.05, 3.63) is 28.3 Å². The molecule has 0 aliphatic rings. The van der Waals surface area contributed by atoms with Crippen LogP contribution in [-0.2, 0) is 14.8 Å². The fraction of sp³-hybridized carbons (Fsp3) is 0.364. The van der Waals surface area contributed by atoms with Crippen LogP contribution in [0.25, 0.3) is 0 Å². The first-order valence-corrected chi connectivity index (χ1v) is 8.17. The molecule has 0 spiro atoms. The molecule has 0 aromatic heterocycles. The minimum Gasteiger partial charge on any atom is -0.480 e. The molecule has 0 saturated carbocycles. The second-order valence-corrected chi connectivity index (χ2v) is 7.30. The largest absolute Gasteiger partial charge is 0.480 e. The van der Waals surface area contributed by atoms with Gasteiger partial charge >= 0.3 is 5.97 Å². The summed E-state index contributed by atoms with van der Waals surface area (Å²) in [4.78, 5) is 21.1. The predicted octanol–water partition coefficient (Wildman–Crippen LogP) is 1.44. The van der Waals surface area contributed by atoms with Crippen LogP contribution in [0.2, 0.25) is 0 Å². The third-order valence-corrected chi connectivity index (χ3v) is 5.07. The number of rotatable bonds is 6. The van der Waals surface area contributed by atoms with Crippen molar-refractivity contribution in [1.29, 1.82) is 0 Å². The third-order valence-electron chi connectivity index (χ3n) is 2.56. The van der Waals surface area contributed by atoms with E-state index in [9.17, 15) is 23.3 Å². The molecule has 116 valence electrons. The summed E-state index contributed by atoms with van der Waals surface area (Å²) in [5, 5.41) is 24.2. The van der Waals surface area contributed by atoms with E-state index in [0.717, 1.165) is 23.9 Å². The van der Waals surface area contributed by atoms with Crippen molar-refractivity contribution in [1.82, 2.24) is 0 Å². The van der Waals surface area contributed by atoms with Gasteiger partial charge in [-0.1, -0.05) is 13.8 Å². The van der Waals surface area contributed by atoms with Crippen LogP contribution in [-0.4, -0.2) is 29.7 Å². The number of aliphatic carboxylic acids is 1. The monoisotopic (exact) mass is 334 g/mol. The third kappa shape index (κ3) is 4.41. The number of hydrogen-bond donors (Lipinski definition) is 2. The van der Waals surface area contributed by atoms with E-state index in [1.165, 1.54) is 6.07 Å². The molecular weight excluding hydrogens is 320 g/mol. The molecule has 1 aromatic rings. The Labute approximate surface area is 125 Å². The Kier molecular flexibility index (Phi) is 5.31. The zero-order valence-electron chi connectivity index (χ0n) is 11.2. The average Bonchev–Trinajstić information content (AvgIpc) is 2.33. The molecule has 0 heterocycles. The van der Waals surface area contributed by atoms with E-state index in [1.807, 2.05) is 0 Å². The number of thioether (sulfide) groups is 1. The van der Waals surface area contributed by atoms with Crippen LogP contribution in [0.15, 0.2) is 28.0 Å². The molecule has 0 aliphatic carbocycles. The summed E-state index contributed by atoms with van der Waals surface area (Å²) < 4.78 is 22.4. The summed E-state index contributed by atoms with van der Waals surface area (Å²) in [5.41, 5.74) is -0.488. The summed E-state index contributed by atoms with van der Waals surface area (Å²) >= 11 is 0.802. The molecule has 1 unspecified atom stereocenters. The molecule has 1 aromatic carbocycles. The molecule has 3 N–H and O–H groups in total. The summed E-state index contributed by atoms with van der Waals surface area (Å²) in [6, 6.07) is 3.14. The number of primary sulfonamides is 1. The van der Waals surface area contributed by atoms with Crippen LogP contribution >= 0.6 is 11.8 Å². The zero-order chi connectivity index (χ0) is 16.4. The van der Waals surface area contributed by atoms with Crippen LogP contribution in [0, 0.1) is 16.0 Å². The molecule has 0 aliphatic heterocycles. The number of carbonyl (C=O) groups is 1. The molecule has 10 heteroatoms. The van der Waals surface area contributed by atoms with Gasteiger partial charge in [0, 0.05) is 6.07 Å². The van der Waals surface area contributed by atoms with Gasteiger partial charge in [0.1, 0.15) is 5.25 Å². The molecular formula is C11H14N2O6S2. The standard InChI is InChI=1S/C11H14N2O6S2/c1-6(2)10(11(14)15)20-9-4-3-7(21(12,18)19)5-8(9)13(16)17/h3-6,10H,1-2H3,(H,14,15)(H2,12,18,19). The van der Waals surface area contributed by atoms with E-state index in [4.69, 9.17) is 10.2 Å². The van der Waals surface area contributed by atoms with Gasteiger partial charge in [-0.25, -0.2) is 13.6 Å². The summed E-state index contributed by atoms with van der Waals surface area (Å²) in [6.07, 6.45) is 0. The summed E-state index contributed by atoms with van der Waals surface area (Å²) in [7, 11) is -4.07. The van der Waals surface area contributed by atoms with Crippen molar-refractivity contribution in [2.24, 2.45) is 11.1 Å². The maximum absolute atomic E-state index is 11.2. The van der Waals surface area contributed by atoms with Gasteiger partial charge < -0.3 is 5.11 Å². The van der Waals surface area contributed by atoms with Crippen molar-refractivity contribution in [3.63, 3.8) is 0 Å². The van der Waals surface area contributed by atoms with Crippen LogP contribution < -0.4 is 5.14 Å². The molecule has 21 heavy (non-hydrogen) atoms. The summed E-state index contributed by atoms with van der Waals surface area (Å²) in [6.45, 7) is 3.35. The van der Waals surface area contributed by atoms with Crippen molar-refractivity contribution >= 4 is 33.4 Å². The molecule has 0 saturated heterocycles. The van der Waals surface area contributed by atoms with Gasteiger partial charge in [-0.3, -0.25) is 14.9 Å². The first-order chi connectivity index (χ1) is 9.54. The molecule has 1 atom stereocenters. The molecule has 0 amide bonds. The fourth-order valence-electron chi connectivity index (χ4n) is 1.52. The highest BCUT2D eigenvalue weighted by Crippen LogP contribution is 2.36. The Morgan fingerprint density at radius 1 is 1.43 bits per heavy atom. The number of carboxylic acid groups (broad SMARTS) is 1. The van der Waals surface area contributed by atoms with Gasteiger partial charge in [0.25, 0.3) is 5.69 Å². The Bertz CT molecular complexity index is 671. The number of carboxylic acids is 1. The van der Waals surface area contributed by atoms with Crippen LogP contribution in [0.5, 0.6) is 0 Å². The van der Waals surface area contributed by atoms with E-state index < -0.39 is 36.7 Å². The van der Waals surface area contributed by atoms with Crippen LogP contribution in [0.1, 0.15) is 13.8 Å². The van der Waals surface area contributed by atoms with E-state index in [1.54, 1.807) is 13.8 Å². The SMILES string of the molecule is CC(C)C(Sc1ccc(S(N)(=O)=O)cc1[N+](=O)[O-])C(=O)O. The van der Waals surface area contributed by atoms with Crippen molar-refractivity contribution < 1.29 is 23.2 Å². The number of benzene rings is 1. The number of hydrogen-bond acceptors (Lipinski definition) is 6. The smallest absolute Gasteiger partial charge is 0.317 e. The second-order valence-electron chi connectivity index (χ2n) is 4.55. The maximum atomic E-state index is 11.2. The highest BCUT2D eigenvalue weighted by Gasteiger charge is 2.27. The number of nitrogens with zero attached hydrogens (tertiary/aromatic N) is 1. The topological polar surface area (TPSA) is 141 Å². The Morgan fingerprint density at radius 3 is 2.38 bits per heavy atom. The number of nitro groups is 1. The Balaban J connectivity index is 3.31. The lowest BCUT2D eigenvalue weighted by Gasteiger charge is -2.15. The Morgan fingerprint density at radius 2 is 2.00 bits per heavy atom. The lowest BCUT2D eigenvalue weighted by atomic mass is 10.1. The first kappa shape index (κ1) is 17.4. The summed E-state index contributed by atoms with van der Waals surface area (Å²) in [5.74, 6) is -1.36. The quantitative estimate of drug-likeness (QED) is 0.455. The van der Waals surface area contributed by atoms with Crippen molar-refractivity contribution in [2.75, 3.05) is 0 Å². The fourth-order valence-corrected chi connectivity index (χ4v) is 3.11. The molecule has 0 bridgehead atoms. The van der Waals surface area contributed by atoms with E-state index >= 15 is 0 Å². The Hall–Kier alpha value is -1.65. The molecule has 0 fully saturated rings. The lowest BCUT2D eigenvalue weighted by Crippen LogP contribution is -2.22. The number of nitrogens with two attached hydrogens (primary N) is 1.